The molecule has 0 amide bonds. The van der Waals surface area contributed by atoms with Crippen LogP contribution in [0.15, 0.2) is 0 Å². The lowest BCUT2D eigenvalue weighted by atomic mass is 9.97. The maximum atomic E-state index is 11.7. The van der Waals surface area contributed by atoms with E-state index in [2.05, 4.69) is 0 Å². The summed E-state index contributed by atoms with van der Waals surface area (Å²) in [6.07, 6.45) is 3.90. The van der Waals surface area contributed by atoms with Gasteiger partial charge in [0.15, 0.2) is 0 Å². The minimum atomic E-state index is -0.814. The van der Waals surface area contributed by atoms with Crippen molar-refractivity contribution in [3.63, 3.8) is 0 Å². The molecule has 1 heterocycles. The lowest BCUT2D eigenvalue weighted by Crippen LogP contribution is -2.29. The molecule has 0 N–H and O–H groups in total. The SMILES string of the molecule is CC(OC(=O)CCCCC1CCSS1)OC(=O)C(C)(C)C. The highest BCUT2D eigenvalue weighted by Gasteiger charge is 2.26. The maximum Gasteiger partial charge on any atom is 0.314 e. The van der Waals surface area contributed by atoms with E-state index in [0.717, 1.165) is 18.1 Å². The van der Waals surface area contributed by atoms with Crippen LogP contribution in [0.5, 0.6) is 0 Å². The van der Waals surface area contributed by atoms with Crippen LogP contribution in [0.4, 0.5) is 0 Å². The van der Waals surface area contributed by atoms with Crippen LogP contribution in [0.3, 0.4) is 0 Å². The maximum absolute atomic E-state index is 11.7. The lowest BCUT2D eigenvalue weighted by Gasteiger charge is -2.20. The highest BCUT2D eigenvalue weighted by Crippen LogP contribution is 2.39. The Bertz CT molecular complexity index is 346. The second-order valence-corrected chi connectivity index (χ2v) is 9.07. The van der Waals surface area contributed by atoms with Crippen LogP contribution < -0.4 is 0 Å². The molecule has 0 aromatic rings. The summed E-state index contributed by atoms with van der Waals surface area (Å²) in [7, 11) is 3.90. The number of esters is 2. The van der Waals surface area contributed by atoms with E-state index in [-0.39, 0.29) is 11.9 Å². The van der Waals surface area contributed by atoms with Gasteiger partial charge >= 0.3 is 11.9 Å². The van der Waals surface area contributed by atoms with Crippen molar-refractivity contribution in [3.8, 4) is 0 Å². The molecule has 2 unspecified atom stereocenters. The van der Waals surface area contributed by atoms with Crippen LogP contribution in [-0.4, -0.2) is 29.2 Å². The predicted molar refractivity (Wildman–Crippen MR) is 88.0 cm³/mol. The fourth-order valence-corrected chi connectivity index (χ4v) is 4.83. The molecule has 0 aromatic carbocycles. The van der Waals surface area contributed by atoms with E-state index in [9.17, 15) is 9.59 Å². The number of carbonyl (C=O) groups is 2. The Morgan fingerprint density at radius 2 is 1.95 bits per heavy atom. The second kappa shape index (κ2) is 8.93. The van der Waals surface area contributed by atoms with Gasteiger partial charge in [0.05, 0.1) is 5.41 Å². The van der Waals surface area contributed by atoms with E-state index in [1.165, 1.54) is 18.6 Å². The minimum Gasteiger partial charge on any atom is -0.425 e. The molecular formula is C15H26O4S2. The van der Waals surface area contributed by atoms with Gasteiger partial charge in [0.2, 0.25) is 6.29 Å². The first kappa shape index (κ1) is 18.7. The van der Waals surface area contributed by atoms with Crippen molar-refractivity contribution in [3.05, 3.63) is 0 Å². The van der Waals surface area contributed by atoms with Gasteiger partial charge in [0, 0.05) is 24.3 Å². The van der Waals surface area contributed by atoms with E-state index in [4.69, 9.17) is 9.47 Å². The van der Waals surface area contributed by atoms with E-state index in [1.54, 1.807) is 27.7 Å². The van der Waals surface area contributed by atoms with Gasteiger partial charge in [-0.05, 0) is 40.0 Å². The first-order valence-corrected chi connectivity index (χ1v) is 9.86. The quantitative estimate of drug-likeness (QED) is 0.301. The van der Waals surface area contributed by atoms with Gasteiger partial charge in [0.25, 0.3) is 0 Å². The zero-order chi connectivity index (χ0) is 15.9. The van der Waals surface area contributed by atoms with Crippen molar-refractivity contribution in [2.45, 2.75) is 71.3 Å². The molecule has 1 fully saturated rings. The summed E-state index contributed by atoms with van der Waals surface area (Å²) in [6.45, 7) is 6.88. The summed E-state index contributed by atoms with van der Waals surface area (Å²) >= 11 is 0. The predicted octanol–water partition coefficient (Wildman–Crippen LogP) is 4.18. The number of ether oxygens (including phenoxy) is 2. The Labute approximate surface area is 135 Å². The zero-order valence-corrected chi connectivity index (χ0v) is 15.0. The fourth-order valence-electron chi connectivity index (χ4n) is 1.80. The summed E-state index contributed by atoms with van der Waals surface area (Å²) < 4.78 is 10.2. The van der Waals surface area contributed by atoms with Gasteiger partial charge < -0.3 is 9.47 Å². The zero-order valence-electron chi connectivity index (χ0n) is 13.3. The molecule has 0 radical (unpaired) electrons. The van der Waals surface area contributed by atoms with Gasteiger partial charge in [0.1, 0.15) is 0 Å². The smallest absolute Gasteiger partial charge is 0.314 e. The summed E-state index contributed by atoms with van der Waals surface area (Å²) in [5.41, 5.74) is -0.586. The van der Waals surface area contributed by atoms with Crippen molar-refractivity contribution in [2.75, 3.05) is 5.75 Å². The van der Waals surface area contributed by atoms with Crippen molar-refractivity contribution >= 4 is 33.5 Å². The second-order valence-electron chi connectivity index (χ2n) is 6.29. The van der Waals surface area contributed by atoms with Gasteiger partial charge in [-0.2, -0.15) is 0 Å². The fraction of sp³-hybridized carbons (Fsp3) is 0.867. The normalized spacial score (nSPS) is 20.1. The van der Waals surface area contributed by atoms with Gasteiger partial charge in [-0.15, -0.1) is 0 Å². The number of carbonyl (C=O) groups excluding carboxylic acids is 2. The number of hydrogen-bond donors (Lipinski definition) is 0. The topological polar surface area (TPSA) is 52.6 Å². The van der Waals surface area contributed by atoms with E-state index < -0.39 is 11.7 Å². The summed E-state index contributed by atoms with van der Waals surface area (Å²) in [6, 6.07) is 0. The van der Waals surface area contributed by atoms with E-state index in [1.807, 2.05) is 21.6 Å². The van der Waals surface area contributed by atoms with Crippen LogP contribution in [0.1, 0.15) is 59.8 Å². The molecule has 1 saturated heterocycles. The average molecular weight is 335 g/mol. The highest BCUT2D eigenvalue weighted by atomic mass is 33.1. The minimum absolute atomic E-state index is 0.294. The molecule has 1 rings (SSSR count). The molecule has 1 aliphatic rings. The Balaban J connectivity index is 2.10. The molecule has 0 aliphatic carbocycles. The van der Waals surface area contributed by atoms with Crippen molar-refractivity contribution < 1.29 is 19.1 Å². The molecule has 4 nitrogen and oxygen atoms in total. The molecule has 6 heteroatoms. The van der Waals surface area contributed by atoms with Crippen LogP contribution >= 0.6 is 21.6 Å². The Kier molecular flexibility index (Phi) is 7.95. The first-order valence-electron chi connectivity index (χ1n) is 7.48. The third-order valence-corrected chi connectivity index (χ3v) is 6.07. The van der Waals surface area contributed by atoms with Crippen molar-refractivity contribution in [1.29, 1.82) is 0 Å². The standard InChI is InChI=1S/C15H26O4S2/c1-11(19-14(17)15(2,3)4)18-13(16)8-6-5-7-12-9-10-20-21-12/h11-12H,5-10H2,1-4H3. The third kappa shape index (κ3) is 8.00. The van der Waals surface area contributed by atoms with Gasteiger partial charge in [-0.25, -0.2) is 0 Å². The molecule has 0 saturated carbocycles. The molecule has 0 spiro atoms. The van der Waals surface area contributed by atoms with Crippen LogP contribution in [0.25, 0.3) is 0 Å². The lowest BCUT2D eigenvalue weighted by molar-refractivity contribution is -0.190. The van der Waals surface area contributed by atoms with E-state index in [0.29, 0.717) is 6.42 Å². The molecule has 1 aliphatic heterocycles. The molecular weight excluding hydrogens is 308 g/mol. The molecule has 122 valence electrons. The number of rotatable bonds is 7. The van der Waals surface area contributed by atoms with Crippen LogP contribution in [0, 0.1) is 5.41 Å². The number of hydrogen-bond acceptors (Lipinski definition) is 6. The highest BCUT2D eigenvalue weighted by molar-refractivity contribution is 8.77. The van der Waals surface area contributed by atoms with Crippen molar-refractivity contribution in [2.24, 2.45) is 5.41 Å². The summed E-state index contributed by atoms with van der Waals surface area (Å²) in [5.74, 6) is 0.588. The monoisotopic (exact) mass is 334 g/mol. The summed E-state index contributed by atoms with van der Waals surface area (Å²) in [5, 5.41) is 0.748. The molecule has 21 heavy (non-hydrogen) atoms. The Morgan fingerprint density at radius 1 is 1.24 bits per heavy atom. The third-order valence-electron chi connectivity index (χ3n) is 3.07. The molecule has 0 bridgehead atoms. The van der Waals surface area contributed by atoms with Crippen LogP contribution in [0.2, 0.25) is 0 Å². The number of unbranched alkanes of at least 4 members (excludes halogenated alkanes) is 1. The van der Waals surface area contributed by atoms with E-state index >= 15 is 0 Å². The molecule has 0 aromatic heterocycles. The van der Waals surface area contributed by atoms with Crippen LogP contribution in [-0.2, 0) is 19.1 Å². The average Bonchev–Trinajstić information content (AvgIpc) is 2.86. The van der Waals surface area contributed by atoms with Crippen molar-refractivity contribution in [1.82, 2.24) is 0 Å². The van der Waals surface area contributed by atoms with Gasteiger partial charge in [-0.1, -0.05) is 28.0 Å². The Morgan fingerprint density at radius 3 is 2.52 bits per heavy atom. The first-order chi connectivity index (χ1) is 9.79. The largest absolute Gasteiger partial charge is 0.425 e. The van der Waals surface area contributed by atoms with Gasteiger partial charge in [-0.3, -0.25) is 9.59 Å². The Hall–Kier alpha value is -0.360. The molecule has 2 atom stereocenters. The summed E-state index contributed by atoms with van der Waals surface area (Å²) in [4.78, 5) is 23.3.